The lowest BCUT2D eigenvalue weighted by molar-refractivity contribution is 0.467. The second kappa shape index (κ2) is 6.04. The molecule has 2 aromatic carbocycles. The van der Waals surface area contributed by atoms with Crippen LogP contribution in [0.4, 0.5) is 15.8 Å². The van der Waals surface area contributed by atoms with Crippen molar-refractivity contribution in [2.75, 3.05) is 24.3 Å². The van der Waals surface area contributed by atoms with Gasteiger partial charge in [0.15, 0.2) is 0 Å². The summed E-state index contributed by atoms with van der Waals surface area (Å²) in [5.74, 6) is -0.465. The minimum atomic E-state index is -0.405. The lowest BCUT2D eigenvalue weighted by Crippen LogP contribution is -2.11. The number of nitrogens with one attached hydrogen (secondary N) is 1. The Morgan fingerprint density at radius 3 is 2.43 bits per heavy atom. The maximum absolute atomic E-state index is 13.9. The standard InChI is InChI=1S/C17H21FN2O/c1-11-9-13(20(3)4)5-8-17(11)19-12(2)15-7-6-14(21)10-16(15)18/h5-10,12,19,21H,1-4H3. The van der Waals surface area contributed by atoms with E-state index in [2.05, 4.69) is 11.4 Å². The highest BCUT2D eigenvalue weighted by molar-refractivity contribution is 5.60. The molecule has 1 unspecified atom stereocenters. The molecule has 0 aromatic heterocycles. The number of hydrogen-bond donors (Lipinski definition) is 2. The molecule has 112 valence electrons. The van der Waals surface area contributed by atoms with Gasteiger partial charge in [-0.1, -0.05) is 6.07 Å². The molecule has 0 heterocycles. The molecular weight excluding hydrogens is 267 g/mol. The highest BCUT2D eigenvalue weighted by Gasteiger charge is 2.12. The summed E-state index contributed by atoms with van der Waals surface area (Å²) in [5.41, 5.74) is 3.73. The third-order valence-electron chi connectivity index (χ3n) is 3.55. The number of nitrogens with zero attached hydrogens (tertiary/aromatic N) is 1. The fourth-order valence-corrected chi connectivity index (χ4v) is 2.27. The number of benzene rings is 2. The average molecular weight is 288 g/mol. The van der Waals surface area contributed by atoms with Crippen molar-refractivity contribution in [1.82, 2.24) is 0 Å². The van der Waals surface area contributed by atoms with Gasteiger partial charge in [-0.3, -0.25) is 0 Å². The summed E-state index contributed by atoms with van der Waals surface area (Å²) in [7, 11) is 3.99. The van der Waals surface area contributed by atoms with Crippen molar-refractivity contribution in [3.8, 4) is 5.75 Å². The highest BCUT2D eigenvalue weighted by Crippen LogP contribution is 2.27. The van der Waals surface area contributed by atoms with Crippen LogP contribution >= 0.6 is 0 Å². The van der Waals surface area contributed by atoms with Crippen molar-refractivity contribution in [2.45, 2.75) is 19.9 Å². The summed E-state index contributed by atoms with van der Waals surface area (Å²) < 4.78 is 13.9. The van der Waals surface area contributed by atoms with Crippen LogP contribution in [-0.2, 0) is 0 Å². The lowest BCUT2D eigenvalue weighted by Gasteiger charge is -2.20. The number of aryl methyl sites for hydroxylation is 1. The Labute approximate surface area is 125 Å². The zero-order valence-corrected chi connectivity index (χ0v) is 12.8. The van der Waals surface area contributed by atoms with Crippen molar-refractivity contribution < 1.29 is 9.50 Å². The minimum absolute atomic E-state index is 0.0602. The van der Waals surface area contributed by atoms with Crippen LogP contribution in [0.25, 0.3) is 0 Å². The third kappa shape index (κ3) is 3.45. The fourth-order valence-electron chi connectivity index (χ4n) is 2.27. The quantitative estimate of drug-likeness (QED) is 0.890. The fraction of sp³-hybridized carbons (Fsp3) is 0.294. The van der Waals surface area contributed by atoms with Gasteiger partial charge in [-0.15, -0.1) is 0 Å². The van der Waals surface area contributed by atoms with Gasteiger partial charge in [0.1, 0.15) is 11.6 Å². The summed E-state index contributed by atoms with van der Waals surface area (Å²) >= 11 is 0. The molecule has 3 nitrogen and oxygen atoms in total. The predicted octanol–water partition coefficient (Wildman–Crippen LogP) is 4.08. The van der Waals surface area contributed by atoms with Crippen LogP contribution in [-0.4, -0.2) is 19.2 Å². The molecule has 0 radical (unpaired) electrons. The van der Waals surface area contributed by atoms with E-state index >= 15 is 0 Å². The number of rotatable bonds is 4. The van der Waals surface area contributed by atoms with Crippen molar-refractivity contribution in [1.29, 1.82) is 0 Å². The van der Waals surface area contributed by atoms with Crippen LogP contribution in [0.2, 0.25) is 0 Å². The third-order valence-corrected chi connectivity index (χ3v) is 3.55. The molecule has 2 N–H and O–H groups in total. The molecule has 0 saturated carbocycles. The minimum Gasteiger partial charge on any atom is -0.508 e. The van der Waals surface area contributed by atoms with E-state index in [0.717, 1.165) is 23.0 Å². The van der Waals surface area contributed by atoms with E-state index in [-0.39, 0.29) is 11.8 Å². The molecular formula is C17H21FN2O. The van der Waals surface area contributed by atoms with E-state index < -0.39 is 5.82 Å². The molecule has 21 heavy (non-hydrogen) atoms. The predicted molar refractivity (Wildman–Crippen MR) is 85.6 cm³/mol. The summed E-state index contributed by atoms with van der Waals surface area (Å²) in [6.07, 6.45) is 0. The monoisotopic (exact) mass is 288 g/mol. The van der Waals surface area contributed by atoms with Crippen LogP contribution in [0.1, 0.15) is 24.1 Å². The van der Waals surface area contributed by atoms with Crippen LogP contribution in [0.15, 0.2) is 36.4 Å². The molecule has 0 fully saturated rings. The van der Waals surface area contributed by atoms with Gasteiger partial charge in [-0.25, -0.2) is 4.39 Å². The molecule has 0 aliphatic heterocycles. The molecule has 0 bridgehead atoms. The van der Waals surface area contributed by atoms with E-state index in [0.29, 0.717) is 5.56 Å². The number of phenols is 1. The Kier molecular flexibility index (Phi) is 4.36. The Hall–Kier alpha value is -2.23. The highest BCUT2D eigenvalue weighted by atomic mass is 19.1. The van der Waals surface area contributed by atoms with Crippen LogP contribution in [0, 0.1) is 12.7 Å². The first-order chi connectivity index (χ1) is 9.88. The maximum atomic E-state index is 13.9. The smallest absolute Gasteiger partial charge is 0.132 e. The van der Waals surface area contributed by atoms with Gasteiger partial charge in [0.25, 0.3) is 0 Å². The zero-order chi connectivity index (χ0) is 15.6. The van der Waals surface area contributed by atoms with Crippen LogP contribution in [0.5, 0.6) is 5.75 Å². The van der Waals surface area contributed by atoms with Crippen LogP contribution in [0.3, 0.4) is 0 Å². The Morgan fingerprint density at radius 1 is 1.14 bits per heavy atom. The molecule has 0 aliphatic carbocycles. The summed E-state index contributed by atoms with van der Waals surface area (Å²) in [5, 5.41) is 12.6. The summed E-state index contributed by atoms with van der Waals surface area (Å²) in [6.45, 7) is 3.92. The molecule has 0 saturated heterocycles. The van der Waals surface area contributed by atoms with E-state index in [1.165, 1.54) is 6.07 Å². The first-order valence-electron chi connectivity index (χ1n) is 6.91. The van der Waals surface area contributed by atoms with Gasteiger partial charge < -0.3 is 15.3 Å². The second-order valence-corrected chi connectivity index (χ2v) is 5.47. The van der Waals surface area contributed by atoms with Gasteiger partial charge in [0, 0.05) is 37.1 Å². The first-order valence-corrected chi connectivity index (χ1v) is 6.91. The van der Waals surface area contributed by atoms with Crippen molar-refractivity contribution in [3.05, 3.63) is 53.3 Å². The largest absolute Gasteiger partial charge is 0.508 e. The zero-order valence-electron chi connectivity index (χ0n) is 12.8. The lowest BCUT2D eigenvalue weighted by atomic mass is 10.1. The topological polar surface area (TPSA) is 35.5 Å². The molecule has 4 heteroatoms. The Bertz CT molecular complexity index is 641. The van der Waals surface area contributed by atoms with E-state index in [9.17, 15) is 9.50 Å². The number of halogens is 1. The van der Waals surface area contributed by atoms with Crippen molar-refractivity contribution in [2.24, 2.45) is 0 Å². The van der Waals surface area contributed by atoms with E-state index in [1.54, 1.807) is 6.07 Å². The van der Waals surface area contributed by atoms with Gasteiger partial charge in [0.2, 0.25) is 0 Å². The number of hydrogen-bond acceptors (Lipinski definition) is 3. The van der Waals surface area contributed by atoms with Gasteiger partial charge in [-0.05, 0) is 43.7 Å². The van der Waals surface area contributed by atoms with E-state index in [1.807, 2.05) is 45.0 Å². The summed E-state index contributed by atoms with van der Waals surface area (Å²) in [6, 6.07) is 10.2. The van der Waals surface area contributed by atoms with Crippen molar-refractivity contribution in [3.63, 3.8) is 0 Å². The molecule has 2 aromatic rings. The Morgan fingerprint density at radius 2 is 1.86 bits per heavy atom. The molecule has 1 atom stereocenters. The second-order valence-electron chi connectivity index (χ2n) is 5.47. The molecule has 0 aliphatic rings. The number of aromatic hydroxyl groups is 1. The molecule has 0 amide bonds. The van der Waals surface area contributed by atoms with E-state index in [4.69, 9.17) is 0 Å². The molecule has 2 rings (SSSR count). The SMILES string of the molecule is Cc1cc(N(C)C)ccc1NC(C)c1ccc(O)cc1F. The van der Waals surface area contributed by atoms with Gasteiger partial charge in [0.05, 0.1) is 6.04 Å². The van der Waals surface area contributed by atoms with Gasteiger partial charge in [-0.2, -0.15) is 0 Å². The molecule has 0 spiro atoms. The van der Waals surface area contributed by atoms with Crippen molar-refractivity contribution >= 4 is 11.4 Å². The summed E-state index contributed by atoms with van der Waals surface area (Å²) in [4.78, 5) is 2.04. The maximum Gasteiger partial charge on any atom is 0.132 e. The van der Waals surface area contributed by atoms with Crippen LogP contribution < -0.4 is 10.2 Å². The Balaban J connectivity index is 2.21. The van der Waals surface area contributed by atoms with Gasteiger partial charge >= 0.3 is 0 Å². The average Bonchev–Trinajstić information content (AvgIpc) is 2.40. The number of phenolic OH excluding ortho intramolecular Hbond substituents is 1. The number of anilines is 2. The normalized spacial score (nSPS) is 12.0. The first kappa shape index (κ1) is 15.2.